The third-order valence-corrected chi connectivity index (χ3v) is 6.11. The van der Waals surface area contributed by atoms with E-state index in [1.807, 2.05) is 54.6 Å². The molecule has 4 heteroatoms. The van der Waals surface area contributed by atoms with Crippen molar-refractivity contribution in [1.29, 1.82) is 0 Å². The largest absolute Gasteiger partial charge is 0.395 e. The molecule has 0 bridgehead atoms. The van der Waals surface area contributed by atoms with Crippen LogP contribution in [-0.4, -0.2) is 26.5 Å². The molecule has 4 aromatic carbocycles. The molecule has 36 heavy (non-hydrogen) atoms. The number of aliphatic hydroxyl groups excluding tert-OH is 3. The number of hydrogen-bond donors (Lipinski definition) is 3. The first kappa shape index (κ1) is 27.2. The summed E-state index contributed by atoms with van der Waals surface area (Å²) in [5, 5.41) is 29.4. The molecule has 0 saturated heterocycles. The van der Waals surface area contributed by atoms with Crippen molar-refractivity contribution in [3.8, 4) is 0 Å². The van der Waals surface area contributed by atoms with E-state index in [1.54, 1.807) is 6.92 Å². The molecule has 1 heterocycles. The van der Waals surface area contributed by atoms with Crippen molar-refractivity contribution in [2.45, 2.75) is 45.9 Å². The molecule has 1 aromatic heterocycles. The molecule has 0 amide bonds. The normalized spacial score (nSPS) is 11.5. The minimum Gasteiger partial charge on any atom is -0.395 e. The Bertz CT molecular complexity index is 1270. The number of benzene rings is 4. The monoisotopic (exact) mass is 483 g/mol. The number of para-hydroxylation sites is 2. The highest BCUT2D eigenvalue weighted by Crippen LogP contribution is 2.28. The predicted molar refractivity (Wildman–Crippen MR) is 150 cm³/mol. The fraction of sp³-hybridized carbons (Fsp3) is 0.250. The average molecular weight is 484 g/mol. The standard InChI is InChI=1S/C14H13NO.C10H14O.C8H10O/c16-10-9-15-13-7-3-1-5-11(13)12-6-2-4-8-14(12)15;1-8(2)10-5-3-9(7-11)4-6-10;1-7(9)8-5-3-2-4-6-8/h1-8,16H,9-10H2;3-6,8,11H,7H2,1-2H3;2-7,9H,1H3. The number of nitrogens with zero attached hydrogens (tertiary/aromatic N) is 1. The Hall–Kier alpha value is -3.44. The molecule has 5 rings (SSSR count). The predicted octanol–water partition coefficient (Wildman–Crippen LogP) is 6.83. The van der Waals surface area contributed by atoms with Gasteiger partial charge in [-0.3, -0.25) is 0 Å². The number of aromatic nitrogens is 1. The van der Waals surface area contributed by atoms with Gasteiger partial charge in [-0.2, -0.15) is 0 Å². The van der Waals surface area contributed by atoms with Gasteiger partial charge < -0.3 is 19.9 Å². The van der Waals surface area contributed by atoms with E-state index in [9.17, 15) is 0 Å². The van der Waals surface area contributed by atoms with Crippen LogP contribution in [0, 0.1) is 0 Å². The summed E-state index contributed by atoms with van der Waals surface area (Å²) in [6.45, 7) is 7.03. The van der Waals surface area contributed by atoms with Gasteiger partial charge in [0.1, 0.15) is 0 Å². The first-order valence-corrected chi connectivity index (χ1v) is 12.5. The number of rotatable bonds is 5. The van der Waals surface area contributed by atoms with Crippen LogP contribution >= 0.6 is 0 Å². The van der Waals surface area contributed by atoms with Gasteiger partial charge in [0.15, 0.2) is 0 Å². The molecule has 0 aliphatic rings. The molecular weight excluding hydrogens is 446 g/mol. The summed E-state index contributed by atoms with van der Waals surface area (Å²) in [6.07, 6.45) is -0.341. The SMILES string of the molecule is CC(C)c1ccc(CO)cc1.CC(O)c1ccccc1.OCCn1c2ccccc2c2ccccc21. The molecule has 4 nitrogen and oxygen atoms in total. The highest BCUT2D eigenvalue weighted by molar-refractivity contribution is 6.07. The highest BCUT2D eigenvalue weighted by Gasteiger charge is 2.08. The molecule has 3 N–H and O–H groups in total. The van der Waals surface area contributed by atoms with Crippen LogP contribution in [0.25, 0.3) is 21.8 Å². The van der Waals surface area contributed by atoms with Crippen molar-refractivity contribution in [3.63, 3.8) is 0 Å². The van der Waals surface area contributed by atoms with E-state index < -0.39 is 0 Å². The molecule has 0 aliphatic carbocycles. The summed E-state index contributed by atoms with van der Waals surface area (Å²) < 4.78 is 2.17. The molecule has 1 atom stereocenters. The maximum Gasteiger partial charge on any atom is 0.0761 e. The fourth-order valence-corrected chi connectivity index (χ4v) is 4.08. The second-order valence-corrected chi connectivity index (χ2v) is 9.05. The molecule has 0 spiro atoms. The zero-order valence-corrected chi connectivity index (χ0v) is 21.4. The van der Waals surface area contributed by atoms with Gasteiger partial charge in [0.2, 0.25) is 0 Å². The third kappa shape index (κ3) is 7.05. The van der Waals surface area contributed by atoms with Crippen molar-refractivity contribution in [1.82, 2.24) is 4.57 Å². The molecular formula is C32H37NO3. The summed E-state index contributed by atoms with van der Waals surface area (Å²) in [6, 6.07) is 34.3. The Morgan fingerprint density at radius 1 is 0.611 bits per heavy atom. The second-order valence-electron chi connectivity index (χ2n) is 9.05. The zero-order valence-electron chi connectivity index (χ0n) is 21.4. The number of fused-ring (bicyclic) bond motifs is 3. The Kier molecular flexibility index (Phi) is 10.3. The lowest BCUT2D eigenvalue weighted by Crippen LogP contribution is -2.00. The number of aliphatic hydroxyl groups is 3. The van der Waals surface area contributed by atoms with Gasteiger partial charge in [0.05, 0.1) is 19.3 Å². The minimum absolute atomic E-state index is 0.137. The number of hydrogen-bond acceptors (Lipinski definition) is 3. The van der Waals surface area contributed by atoms with Crippen LogP contribution in [0.2, 0.25) is 0 Å². The van der Waals surface area contributed by atoms with Crippen LogP contribution in [0.5, 0.6) is 0 Å². The van der Waals surface area contributed by atoms with Crippen molar-refractivity contribution in [2.75, 3.05) is 6.61 Å². The summed E-state index contributed by atoms with van der Waals surface area (Å²) in [7, 11) is 0. The zero-order chi connectivity index (χ0) is 25.9. The molecule has 5 aromatic rings. The van der Waals surface area contributed by atoms with Crippen molar-refractivity contribution in [3.05, 3.63) is 120 Å². The third-order valence-electron chi connectivity index (χ3n) is 6.11. The Balaban J connectivity index is 0.000000159. The van der Waals surface area contributed by atoms with Crippen LogP contribution in [0.3, 0.4) is 0 Å². The molecule has 188 valence electrons. The van der Waals surface area contributed by atoms with Crippen LogP contribution in [0.4, 0.5) is 0 Å². The maximum absolute atomic E-state index is 9.14. The van der Waals surface area contributed by atoms with E-state index in [4.69, 9.17) is 15.3 Å². The van der Waals surface area contributed by atoms with Crippen molar-refractivity contribution >= 4 is 21.8 Å². The van der Waals surface area contributed by atoms with Gasteiger partial charge in [0, 0.05) is 28.4 Å². The summed E-state index contributed by atoms with van der Waals surface area (Å²) in [5.74, 6) is 0.572. The van der Waals surface area contributed by atoms with Crippen molar-refractivity contribution < 1.29 is 15.3 Å². The second kappa shape index (κ2) is 13.6. The van der Waals surface area contributed by atoms with E-state index in [-0.39, 0.29) is 19.3 Å². The van der Waals surface area contributed by atoms with E-state index >= 15 is 0 Å². The fourth-order valence-electron chi connectivity index (χ4n) is 4.08. The first-order chi connectivity index (χ1) is 17.5. The van der Waals surface area contributed by atoms with Crippen molar-refractivity contribution in [2.24, 2.45) is 0 Å². The molecule has 0 radical (unpaired) electrons. The van der Waals surface area contributed by atoms with Gasteiger partial charge in [-0.1, -0.05) is 105 Å². The lowest BCUT2D eigenvalue weighted by atomic mass is 10.0. The topological polar surface area (TPSA) is 65.6 Å². The Morgan fingerprint density at radius 2 is 1.11 bits per heavy atom. The molecule has 0 fully saturated rings. The van der Waals surface area contributed by atoms with Gasteiger partial charge >= 0.3 is 0 Å². The van der Waals surface area contributed by atoms with E-state index in [0.717, 1.165) is 11.1 Å². The Labute approximate surface area is 214 Å². The van der Waals surface area contributed by atoms with Crippen LogP contribution in [0.1, 0.15) is 49.5 Å². The van der Waals surface area contributed by atoms with Crippen LogP contribution < -0.4 is 0 Å². The van der Waals surface area contributed by atoms with Gasteiger partial charge in [-0.05, 0) is 41.7 Å². The van der Waals surface area contributed by atoms with E-state index in [0.29, 0.717) is 12.5 Å². The van der Waals surface area contributed by atoms with Crippen LogP contribution in [-0.2, 0) is 13.2 Å². The van der Waals surface area contributed by atoms with E-state index in [1.165, 1.54) is 27.4 Å². The summed E-state index contributed by atoms with van der Waals surface area (Å²) in [4.78, 5) is 0. The average Bonchev–Trinajstić information content (AvgIpc) is 3.24. The first-order valence-electron chi connectivity index (χ1n) is 12.5. The highest BCUT2D eigenvalue weighted by atomic mass is 16.3. The smallest absolute Gasteiger partial charge is 0.0761 e. The molecule has 0 aliphatic heterocycles. The quantitative estimate of drug-likeness (QED) is 0.257. The lowest BCUT2D eigenvalue weighted by Gasteiger charge is -2.04. The van der Waals surface area contributed by atoms with Gasteiger partial charge in [-0.25, -0.2) is 0 Å². The van der Waals surface area contributed by atoms with Gasteiger partial charge in [0.25, 0.3) is 0 Å². The minimum atomic E-state index is -0.341. The maximum atomic E-state index is 9.14. The summed E-state index contributed by atoms with van der Waals surface area (Å²) in [5.41, 5.74) is 5.66. The summed E-state index contributed by atoms with van der Waals surface area (Å²) >= 11 is 0. The molecule has 0 saturated carbocycles. The van der Waals surface area contributed by atoms with Gasteiger partial charge in [-0.15, -0.1) is 0 Å². The molecule has 1 unspecified atom stereocenters. The van der Waals surface area contributed by atoms with Crippen LogP contribution in [0.15, 0.2) is 103 Å². The van der Waals surface area contributed by atoms with E-state index in [2.05, 4.69) is 66.9 Å². The lowest BCUT2D eigenvalue weighted by molar-refractivity contribution is 0.199. The Morgan fingerprint density at radius 3 is 1.53 bits per heavy atom.